The van der Waals surface area contributed by atoms with Gasteiger partial charge >= 0.3 is 5.97 Å². The number of ether oxygens (including phenoxy) is 3. The van der Waals surface area contributed by atoms with Crippen molar-refractivity contribution in [3.05, 3.63) is 90.1 Å². The molecule has 1 atom stereocenters. The number of carbonyl (C=O) groups excluding carboxylic acids is 1. The van der Waals surface area contributed by atoms with Gasteiger partial charge in [0.05, 0.1) is 41.7 Å². The van der Waals surface area contributed by atoms with Crippen LogP contribution >= 0.6 is 11.3 Å². The van der Waals surface area contributed by atoms with E-state index in [-0.39, 0.29) is 12.2 Å². The number of hydrogen-bond donors (Lipinski definition) is 0. The molecule has 0 spiro atoms. The molecule has 7 nitrogen and oxygen atoms in total. The maximum Gasteiger partial charge on any atom is 0.338 e. The predicted octanol–water partition coefficient (Wildman–Crippen LogP) is 4.29. The summed E-state index contributed by atoms with van der Waals surface area (Å²) in [6, 6.07) is 12.8. The number of hydrogen-bond acceptors (Lipinski definition) is 7. The van der Waals surface area contributed by atoms with E-state index in [1.165, 1.54) is 11.3 Å². The summed E-state index contributed by atoms with van der Waals surface area (Å²) in [5.41, 5.74) is 3.44. The van der Waals surface area contributed by atoms with Crippen LogP contribution in [0.2, 0.25) is 0 Å². The van der Waals surface area contributed by atoms with E-state index >= 15 is 0 Å². The van der Waals surface area contributed by atoms with Crippen molar-refractivity contribution in [3.8, 4) is 11.5 Å². The third kappa shape index (κ3) is 5.54. The molecule has 4 rings (SSSR count). The highest BCUT2D eigenvalue weighted by Crippen LogP contribution is 2.31. The highest BCUT2D eigenvalue weighted by atomic mass is 32.1. The second kappa shape index (κ2) is 11.6. The van der Waals surface area contributed by atoms with E-state index in [2.05, 4.69) is 4.99 Å². The van der Waals surface area contributed by atoms with Gasteiger partial charge in [0.15, 0.2) is 16.3 Å². The lowest BCUT2D eigenvalue weighted by Crippen LogP contribution is -2.39. The fourth-order valence-corrected chi connectivity index (χ4v) is 5.27. The van der Waals surface area contributed by atoms with Crippen molar-refractivity contribution in [2.75, 3.05) is 19.8 Å². The third-order valence-electron chi connectivity index (χ3n) is 5.94. The van der Waals surface area contributed by atoms with Crippen molar-refractivity contribution in [1.29, 1.82) is 0 Å². The molecule has 0 N–H and O–H groups in total. The van der Waals surface area contributed by atoms with Crippen molar-refractivity contribution in [2.24, 2.45) is 4.99 Å². The predicted molar refractivity (Wildman–Crippen MR) is 145 cm³/mol. The number of rotatable bonds is 9. The molecule has 1 aromatic heterocycles. The van der Waals surface area contributed by atoms with Gasteiger partial charge in [-0.1, -0.05) is 54.2 Å². The maximum absolute atomic E-state index is 13.8. The Hall–Kier alpha value is -3.65. The Morgan fingerprint density at radius 1 is 1.03 bits per heavy atom. The van der Waals surface area contributed by atoms with Crippen LogP contribution < -0.4 is 24.4 Å². The van der Waals surface area contributed by atoms with E-state index in [9.17, 15) is 9.59 Å². The fraction of sp³-hybridized carbons (Fsp3) is 0.345. The summed E-state index contributed by atoms with van der Waals surface area (Å²) in [5.74, 6) is 0.847. The number of allylic oxidation sites excluding steroid dienone is 1. The van der Waals surface area contributed by atoms with Crippen molar-refractivity contribution in [2.45, 2.75) is 47.1 Å². The van der Waals surface area contributed by atoms with Crippen molar-refractivity contribution in [3.63, 3.8) is 0 Å². The van der Waals surface area contributed by atoms with Crippen LogP contribution in [0, 0.1) is 6.92 Å². The van der Waals surface area contributed by atoms with E-state index in [1.54, 1.807) is 18.4 Å². The van der Waals surface area contributed by atoms with E-state index in [0.717, 1.165) is 23.1 Å². The molecule has 0 bridgehead atoms. The van der Waals surface area contributed by atoms with Crippen LogP contribution in [0.15, 0.2) is 63.5 Å². The molecule has 37 heavy (non-hydrogen) atoms. The molecule has 0 saturated heterocycles. The number of aryl methyl sites for hydroxylation is 1. The average molecular weight is 521 g/mol. The number of fused-ring (bicyclic) bond motifs is 1. The molecular formula is C29H32N2O5S. The molecule has 1 aliphatic rings. The molecule has 0 unspecified atom stereocenters. The van der Waals surface area contributed by atoms with Gasteiger partial charge in [0.2, 0.25) is 0 Å². The van der Waals surface area contributed by atoms with Crippen LogP contribution in [0.5, 0.6) is 11.5 Å². The Morgan fingerprint density at radius 3 is 2.46 bits per heavy atom. The van der Waals surface area contributed by atoms with Gasteiger partial charge in [-0.15, -0.1) is 0 Å². The van der Waals surface area contributed by atoms with E-state index in [1.807, 2.05) is 69.3 Å². The van der Waals surface area contributed by atoms with E-state index in [0.29, 0.717) is 45.3 Å². The number of thiazole rings is 1. The first-order valence-electron chi connectivity index (χ1n) is 12.5. The molecule has 194 valence electrons. The van der Waals surface area contributed by atoms with Crippen LogP contribution in [0.25, 0.3) is 6.08 Å². The van der Waals surface area contributed by atoms with Gasteiger partial charge in [-0.2, -0.15) is 0 Å². The minimum atomic E-state index is -0.623. The quantitative estimate of drug-likeness (QED) is 0.393. The smallest absolute Gasteiger partial charge is 0.338 e. The summed E-state index contributed by atoms with van der Waals surface area (Å²) in [6.45, 7) is 10.8. The molecular weight excluding hydrogens is 488 g/mol. The lowest BCUT2D eigenvalue weighted by Gasteiger charge is -2.24. The molecule has 2 aromatic carbocycles. The second-order valence-corrected chi connectivity index (χ2v) is 9.71. The van der Waals surface area contributed by atoms with Crippen LogP contribution in [-0.4, -0.2) is 30.4 Å². The number of carbonyl (C=O) groups is 1. The van der Waals surface area contributed by atoms with Crippen molar-refractivity contribution < 1.29 is 19.0 Å². The Labute approximate surface area is 220 Å². The second-order valence-electron chi connectivity index (χ2n) is 8.70. The number of esters is 1. The molecule has 2 heterocycles. The lowest BCUT2D eigenvalue weighted by atomic mass is 9.95. The van der Waals surface area contributed by atoms with Crippen molar-refractivity contribution in [1.82, 2.24) is 4.57 Å². The van der Waals surface area contributed by atoms with Gasteiger partial charge < -0.3 is 14.2 Å². The largest absolute Gasteiger partial charge is 0.490 e. The van der Waals surface area contributed by atoms with Crippen LogP contribution in [0.1, 0.15) is 56.8 Å². The van der Waals surface area contributed by atoms with E-state index in [4.69, 9.17) is 14.2 Å². The van der Waals surface area contributed by atoms with Crippen LogP contribution in [-0.2, 0) is 9.53 Å². The molecule has 0 radical (unpaired) electrons. The van der Waals surface area contributed by atoms with Gasteiger partial charge in [-0.3, -0.25) is 9.36 Å². The summed E-state index contributed by atoms with van der Waals surface area (Å²) < 4.78 is 19.1. The zero-order chi connectivity index (χ0) is 26.5. The van der Waals surface area contributed by atoms with Gasteiger partial charge in [0.25, 0.3) is 5.56 Å². The first kappa shape index (κ1) is 26.4. The Morgan fingerprint density at radius 2 is 1.78 bits per heavy atom. The monoisotopic (exact) mass is 520 g/mol. The minimum absolute atomic E-state index is 0.215. The SMILES string of the molecule is CCCOc1ccc(/C=c2/sc3n(c2=O)[C@H](c2ccc(C)cc2)C(C(=O)OCC)=C(C)N=3)cc1OCC. The Kier molecular flexibility index (Phi) is 8.28. The molecule has 0 aliphatic carbocycles. The summed E-state index contributed by atoms with van der Waals surface area (Å²) in [5, 5.41) is 0. The minimum Gasteiger partial charge on any atom is -0.490 e. The normalized spacial score (nSPS) is 15.3. The summed E-state index contributed by atoms with van der Waals surface area (Å²) in [4.78, 5) is 31.9. The van der Waals surface area contributed by atoms with Gasteiger partial charge in [-0.05, 0) is 63.5 Å². The molecule has 0 amide bonds. The molecule has 8 heteroatoms. The molecule has 0 saturated carbocycles. The lowest BCUT2D eigenvalue weighted by molar-refractivity contribution is -0.139. The number of benzene rings is 2. The zero-order valence-electron chi connectivity index (χ0n) is 21.9. The summed E-state index contributed by atoms with van der Waals surface area (Å²) in [7, 11) is 0. The average Bonchev–Trinajstić information content (AvgIpc) is 3.17. The summed E-state index contributed by atoms with van der Waals surface area (Å²) in [6.07, 6.45) is 2.72. The van der Waals surface area contributed by atoms with Crippen LogP contribution in [0.3, 0.4) is 0 Å². The summed E-state index contributed by atoms with van der Waals surface area (Å²) >= 11 is 1.30. The van der Waals surface area contributed by atoms with Gasteiger partial charge in [0, 0.05) is 0 Å². The van der Waals surface area contributed by atoms with Gasteiger partial charge in [-0.25, -0.2) is 9.79 Å². The molecule has 3 aromatic rings. The molecule has 1 aliphatic heterocycles. The Balaban J connectivity index is 1.86. The first-order chi connectivity index (χ1) is 17.9. The Bertz CT molecular complexity index is 1500. The van der Waals surface area contributed by atoms with Gasteiger partial charge in [0.1, 0.15) is 0 Å². The van der Waals surface area contributed by atoms with Crippen molar-refractivity contribution >= 4 is 23.4 Å². The first-order valence-corrected chi connectivity index (χ1v) is 13.3. The molecule has 0 fully saturated rings. The van der Waals surface area contributed by atoms with E-state index < -0.39 is 12.0 Å². The zero-order valence-corrected chi connectivity index (χ0v) is 22.7. The fourth-order valence-electron chi connectivity index (χ4n) is 4.22. The standard InChI is InChI=1S/C29H32N2O5S/c1-6-15-36-22-14-11-20(16-23(22)34-7-2)17-24-27(32)31-26(21-12-9-18(4)10-13-21)25(28(33)35-8-3)19(5)30-29(31)37-24/h9-14,16-17,26H,6-8,15H2,1-5H3/b24-17+/t26-/m1/s1. The topological polar surface area (TPSA) is 79.1 Å². The highest BCUT2D eigenvalue weighted by Gasteiger charge is 2.33. The number of aromatic nitrogens is 1. The maximum atomic E-state index is 13.8. The van der Waals surface area contributed by atoms with Crippen LogP contribution in [0.4, 0.5) is 0 Å². The third-order valence-corrected chi connectivity index (χ3v) is 6.92. The highest BCUT2D eigenvalue weighted by molar-refractivity contribution is 7.07. The number of nitrogens with zero attached hydrogens (tertiary/aromatic N) is 2.